The minimum absolute atomic E-state index is 0.551. The summed E-state index contributed by atoms with van der Waals surface area (Å²) in [6.07, 6.45) is 1.02. The van der Waals surface area contributed by atoms with Crippen LogP contribution < -0.4 is 14.5 Å². The molecule has 0 amide bonds. The number of morpholine rings is 1. The van der Waals surface area contributed by atoms with Crippen LogP contribution in [0.1, 0.15) is 11.1 Å². The molecule has 2 heterocycles. The number of benzene rings is 3. The highest BCUT2D eigenvalue weighted by Gasteiger charge is 2.22. The number of halogens is 1. The van der Waals surface area contributed by atoms with E-state index in [2.05, 4.69) is 70.3 Å². The second-order valence-corrected chi connectivity index (χ2v) is 9.44. The van der Waals surface area contributed by atoms with Crippen molar-refractivity contribution in [1.29, 1.82) is 0 Å². The summed E-state index contributed by atoms with van der Waals surface area (Å²) in [5.41, 5.74) is 6.06. The van der Waals surface area contributed by atoms with Gasteiger partial charge in [-0.25, -0.2) is 0 Å². The predicted octanol–water partition coefficient (Wildman–Crippen LogP) is 5.38. The van der Waals surface area contributed by atoms with Crippen molar-refractivity contribution in [2.75, 3.05) is 62.8 Å². The summed E-state index contributed by atoms with van der Waals surface area (Å²) in [7, 11) is 2.20. The maximum atomic E-state index is 6.38. The van der Waals surface area contributed by atoms with Crippen LogP contribution in [0, 0.1) is 0 Å². The zero-order valence-corrected chi connectivity index (χ0v) is 20.5. The molecule has 0 unspecified atom stereocenters. The summed E-state index contributed by atoms with van der Waals surface area (Å²) in [4.78, 5) is 7.16. The van der Waals surface area contributed by atoms with Gasteiger partial charge >= 0.3 is 0 Å². The van der Waals surface area contributed by atoms with E-state index in [1.54, 1.807) is 0 Å². The minimum atomic E-state index is 0.551. The van der Waals surface area contributed by atoms with E-state index in [1.807, 2.05) is 18.2 Å². The number of nitrogens with zero attached hydrogens (tertiary/aromatic N) is 3. The van der Waals surface area contributed by atoms with Gasteiger partial charge in [-0.3, -0.25) is 0 Å². The third-order valence-electron chi connectivity index (χ3n) is 6.65. The molecule has 5 nitrogen and oxygen atoms in total. The molecule has 3 aromatic carbocycles. The van der Waals surface area contributed by atoms with E-state index in [-0.39, 0.29) is 0 Å². The number of ether oxygens (including phenoxy) is 2. The molecule has 0 atom stereocenters. The van der Waals surface area contributed by atoms with Crippen molar-refractivity contribution in [1.82, 2.24) is 4.90 Å². The molecule has 0 aromatic heterocycles. The Hall–Kier alpha value is -2.73. The summed E-state index contributed by atoms with van der Waals surface area (Å²) in [6.45, 7) is 6.90. The lowest BCUT2D eigenvalue weighted by molar-refractivity contribution is 0.122. The first-order valence-corrected chi connectivity index (χ1v) is 12.4. The van der Waals surface area contributed by atoms with Crippen LogP contribution in [0.4, 0.5) is 17.1 Å². The number of hydrogen-bond donors (Lipinski definition) is 0. The van der Waals surface area contributed by atoms with Crippen molar-refractivity contribution in [3.8, 4) is 5.75 Å². The molecule has 6 heteroatoms. The van der Waals surface area contributed by atoms with Crippen LogP contribution in [0.2, 0.25) is 5.02 Å². The lowest BCUT2D eigenvalue weighted by Crippen LogP contribution is -2.36. The largest absolute Gasteiger partial charge is 0.487 e. The number of hydrogen-bond acceptors (Lipinski definition) is 5. The molecular formula is C28H32ClN3O2. The smallest absolute Gasteiger partial charge is 0.143 e. The number of likely N-dealkylation sites (N-methyl/N-ethyl adjacent to an activating group) is 1. The van der Waals surface area contributed by atoms with Crippen LogP contribution in [-0.4, -0.2) is 57.9 Å². The van der Waals surface area contributed by atoms with Gasteiger partial charge < -0.3 is 24.2 Å². The third-order valence-corrected chi connectivity index (χ3v) is 6.89. The van der Waals surface area contributed by atoms with Crippen molar-refractivity contribution < 1.29 is 9.47 Å². The Morgan fingerprint density at radius 1 is 0.912 bits per heavy atom. The van der Waals surface area contributed by atoms with Gasteiger partial charge in [0.2, 0.25) is 0 Å². The van der Waals surface area contributed by atoms with E-state index in [4.69, 9.17) is 21.1 Å². The van der Waals surface area contributed by atoms with E-state index in [0.29, 0.717) is 6.61 Å². The van der Waals surface area contributed by atoms with Gasteiger partial charge in [0.1, 0.15) is 12.4 Å². The van der Waals surface area contributed by atoms with Gasteiger partial charge in [-0.2, -0.15) is 0 Å². The molecule has 1 saturated heterocycles. The van der Waals surface area contributed by atoms with Crippen LogP contribution in [0.5, 0.6) is 5.75 Å². The molecule has 178 valence electrons. The molecule has 2 aliphatic rings. The van der Waals surface area contributed by atoms with Crippen LogP contribution in [0.3, 0.4) is 0 Å². The molecule has 0 spiro atoms. The number of rotatable bonds is 7. The first-order chi connectivity index (χ1) is 16.7. The average molecular weight is 478 g/mol. The zero-order valence-electron chi connectivity index (χ0n) is 19.8. The third kappa shape index (κ3) is 5.33. The first-order valence-electron chi connectivity index (χ1n) is 12.1. The van der Waals surface area contributed by atoms with Crippen molar-refractivity contribution in [2.24, 2.45) is 0 Å². The Kier molecular flexibility index (Phi) is 7.24. The lowest BCUT2D eigenvalue weighted by atomic mass is 10.1. The topological polar surface area (TPSA) is 28.2 Å². The summed E-state index contributed by atoms with van der Waals surface area (Å²) < 4.78 is 11.6. The quantitative estimate of drug-likeness (QED) is 0.455. The zero-order chi connectivity index (χ0) is 23.3. The Labute approximate surface area is 207 Å². The molecule has 0 aliphatic carbocycles. The van der Waals surface area contributed by atoms with E-state index < -0.39 is 0 Å². The Bertz CT molecular complexity index is 1120. The highest BCUT2D eigenvalue weighted by Crippen LogP contribution is 2.40. The SMILES string of the molecule is CN(CCc1cccc(N2CCOCC2)c1)CCN1c2cc(Cl)ccc2COc2ccccc21. The monoisotopic (exact) mass is 477 g/mol. The number of para-hydroxylation sites is 2. The van der Waals surface area contributed by atoms with Crippen molar-refractivity contribution in [3.63, 3.8) is 0 Å². The molecule has 3 aromatic rings. The molecule has 0 bridgehead atoms. The van der Waals surface area contributed by atoms with Gasteiger partial charge in [0.05, 0.1) is 18.9 Å². The molecule has 34 heavy (non-hydrogen) atoms. The lowest BCUT2D eigenvalue weighted by Gasteiger charge is -2.29. The molecule has 2 aliphatic heterocycles. The average Bonchev–Trinajstić information content (AvgIpc) is 3.03. The molecule has 0 N–H and O–H groups in total. The highest BCUT2D eigenvalue weighted by atomic mass is 35.5. The Morgan fingerprint density at radius 2 is 1.76 bits per heavy atom. The maximum Gasteiger partial charge on any atom is 0.143 e. The van der Waals surface area contributed by atoms with Crippen molar-refractivity contribution in [3.05, 3.63) is 82.9 Å². The number of anilines is 3. The van der Waals surface area contributed by atoms with E-state index in [9.17, 15) is 0 Å². The molecule has 0 saturated carbocycles. The normalized spacial score (nSPS) is 15.5. The van der Waals surface area contributed by atoms with E-state index in [0.717, 1.165) is 80.1 Å². The molecule has 0 radical (unpaired) electrons. The fourth-order valence-electron chi connectivity index (χ4n) is 4.67. The van der Waals surface area contributed by atoms with Gasteiger partial charge in [0, 0.05) is 54.7 Å². The highest BCUT2D eigenvalue weighted by molar-refractivity contribution is 6.30. The molecular weight excluding hydrogens is 446 g/mol. The van der Waals surface area contributed by atoms with Gasteiger partial charge in [-0.1, -0.05) is 41.9 Å². The Balaban J connectivity index is 1.24. The van der Waals surface area contributed by atoms with Gasteiger partial charge in [0.25, 0.3) is 0 Å². The number of fused-ring (bicyclic) bond motifs is 2. The van der Waals surface area contributed by atoms with Crippen LogP contribution in [0.25, 0.3) is 0 Å². The van der Waals surface area contributed by atoms with Crippen molar-refractivity contribution in [2.45, 2.75) is 13.0 Å². The van der Waals surface area contributed by atoms with Gasteiger partial charge in [-0.15, -0.1) is 0 Å². The van der Waals surface area contributed by atoms with Crippen LogP contribution in [0.15, 0.2) is 66.7 Å². The van der Waals surface area contributed by atoms with E-state index >= 15 is 0 Å². The summed E-state index contributed by atoms with van der Waals surface area (Å²) in [5, 5.41) is 0.747. The van der Waals surface area contributed by atoms with Crippen molar-refractivity contribution >= 4 is 28.7 Å². The fraction of sp³-hybridized carbons (Fsp3) is 0.357. The van der Waals surface area contributed by atoms with Gasteiger partial charge in [0.15, 0.2) is 0 Å². The Morgan fingerprint density at radius 3 is 2.65 bits per heavy atom. The fourth-order valence-corrected chi connectivity index (χ4v) is 4.84. The standard InChI is InChI=1S/C28H32ClN3O2/c1-30(12-11-22-5-4-6-25(19-22)31-15-17-33-18-16-31)13-14-32-26-7-2-3-8-28(26)34-21-23-9-10-24(29)20-27(23)32/h2-10,19-20H,11-18,21H2,1H3. The van der Waals surface area contributed by atoms with Crippen LogP contribution in [-0.2, 0) is 17.8 Å². The summed E-state index contributed by atoms with van der Waals surface area (Å²) in [6, 6.07) is 23.3. The first kappa shape index (κ1) is 23.0. The summed E-state index contributed by atoms with van der Waals surface area (Å²) in [5.74, 6) is 0.914. The van der Waals surface area contributed by atoms with E-state index in [1.165, 1.54) is 11.3 Å². The molecule has 1 fully saturated rings. The second kappa shape index (κ2) is 10.7. The minimum Gasteiger partial charge on any atom is -0.487 e. The van der Waals surface area contributed by atoms with Gasteiger partial charge in [-0.05, 0) is 55.4 Å². The summed E-state index contributed by atoms with van der Waals surface area (Å²) >= 11 is 6.38. The van der Waals surface area contributed by atoms with Crippen LogP contribution >= 0.6 is 11.6 Å². The maximum absolute atomic E-state index is 6.38. The second-order valence-electron chi connectivity index (χ2n) is 9.00. The predicted molar refractivity (Wildman–Crippen MR) is 140 cm³/mol. The molecule has 5 rings (SSSR count).